The zero-order chi connectivity index (χ0) is 11.8. The predicted molar refractivity (Wildman–Crippen MR) is 66.7 cm³/mol. The second kappa shape index (κ2) is 7.41. The molecule has 3 nitrogen and oxygen atoms in total. The van der Waals surface area contributed by atoms with Crippen molar-refractivity contribution in [2.24, 2.45) is 0 Å². The highest BCUT2D eigenvalue weighted by Gasteiger charge is 2.00. The van der Waals surface area contributed by atoms with Crippen LogP contribution in [0, 0.1) is 0 Å². The number of hydrogen-bond acceptors (Lipinski definition) is 4. The van der Waals surface area contributed by atoms with Gasteiger partial charge >= 0.3 is 5.97 Å². The van der Waals surface area contributed by atoms with Crippen LogP contribution in [0.5, 0.6) is 0 Å². The molecule has 0 unspecified atom stereocenters. The molecule has 4 heteroatoms. The Labute approximate surface area is 101 Å². The third-order valence-corrected chi connectivity index (χ3v) is 3.56. The number of methoxy groups -OCH3 is 1. The quantitative estimate of drug-likeness (QED) is 0.588. The van der Waals surface area contributed by atoms with Crippen molar-refractivity contribution < 1.29 is 9.53 Å². The van der Waals surface area contributed by atoms with Crippen LogP contribution in [0.2, 0.25) is 0 Å². The summed E-state index contributed by atoms with van der Waals surface area (Å²) in [6, 6.07) is 4.34. The molecule has 0 saturated carbocycles. The van der Waals surface area contributed by atoms with Crippen molar-refractivity contribution in [3.05, 3.63) is 21.9 Å². The van der Waals surface area contributed by atoms with Gasteiger partial charge in [0.25, 0.3) is 0 Å². The SMILES string of the molecule is CCc1ccc(CNCCCC(=O)OC)s1. The fourth-order valence-corrected chi connectivity index (χ4v) is 2.31. The molecule has 0 amide bonds. The number of hydrogen-bond donors (Lipinski definition) is 1. The van der Waals surface area contributed by atoms with E-state index in [4.69, 9.17) is 0 Å². The van der Waals surface area contributed by atoms with E-state index in [0.29, 0.717) is 6.42 Å². The first-order valence-electron chi connectivity index (χ1n) is 5.61. The summed E-state index contributed by atoms with van der Waals surface area (Å²) in [6.45, 7) is 3.92. The molecule has 16 heavy (non-hydrogen) atoms. The number of esters is 1. The molecule has 0 spiro atoms. The molecular weight excluding hydrogens is 222 g/mol. The fourth-order valence-electron chi connectivity index (χ4n) is 1.38. The number of nitrogens with one attached hydrogen (secondary N) is 1. The third-order valence-electron chi connectivity index (χ3n) is 2.33. The summed E-state index contributed by atoms with van der Waals surface area (Å²) in [5, 5.41) is 3.32. The highest BCUT2D eigenvalue weighted by molar-refractivity contribution is 7.11. The van der Waals surface area contributed by atoms with E-state index < -0.39 is 0 Å². The van der Waals surface area contributed by atoms with Crippen molar-refractivity contribution in [1.29, 1.82) is 0 Å². The Morgan fingerprint density at radius 1 is 1.44 bits per heavy atom. The standard InChI is InChI=1S/C12H19NO2S/c1-3-10-6-7-11(16-10)9-13-8-4-5-12(14)15-2/h6-7,13H,3-5,8-9H2,1-2H3. The van der Waals surface area contributed by atoms with Crippen LogP contribution in [0.25, 0.3) is 0 Å². The molecule has 1 aromatic rings. The monoisotopic (exact) mass is 241 g/mol. The number of carbonyl (C=O) groups is 1. The van der Waals surface area contributed by atoms with Crippen LogP contribution in [0.3, 0.4) is 0 Å². The lowest BCUT2D eigenvalue weighted by Crippen LogP contribution is -2.15. The van der Waals surface area contributed by atoms with Crippen molar-refractivity contribution in [2.75, 3.05) is 13.7 Å². The van der Waals surface area contributed by atoms with E-state index in [9.17, 15) is 4.79 Å². The molecule has 0 aromatic carbocycles. The molecule has 1 N–H and O–H groups in total. The molecular formula is C12H19NO2S. The van der Waals surface area contributed by atoms with Gasteiger partial charge in [0.05, 0.1) is 7.11 Å². The Balaban J connectivity index is 2.09. The van der Waals surface area contributed by atoms with E-state index >= 15 is 0 Å². The highest BCUT2D eigenvalue weighted by atomic mass is 32.1. The largest absolute Gasteiger partial charge is 0.469 e. The number of thiophene rings is 1. The minimum atomic E-state index is -0.133. The van der Waals surface area contributed by atoms with Gasteiger partial charge in [-0.1, -0.05) is 6.92 Å². The smallest absolute Gasteiger partial charge is 0.305 e. The van der Waals surface area contributed by atoms with Gasteiger partial charge < -0.3 is 10.1 Å². The molecule has 1 rings (SSSR count). The maximum absolute atomic E-state index is 10.8. The molecule has 0 atom stereocenters. The summed E-state index contributed by atoms with van der Waals surface area (Å²) in [5.74, 6) is -0.133. The molecule has 1 heterocycles. The lowest BCUT2D eigenvalue weighted by atomic mass is 10.3. The number of rotatable bonds is 7. The lowest BCUT2D eigenvalue weighted by molar-refractivity contribution is -0.140. The van der Waals surface area contributed by atoms with E-state index in [1.165, 1.54) is 16.9 Å². The average molecular weight is 241 g/mol. The first-order valence-corrected chi connectivity index (χ1v) is 6.43. The van der Waals surface area contributed by atoms with Gasteiger partial charge in [0.1, 0.15) is 0 Å². The van der Waals surface area contributed by atoms with Gasteiger partial charge in [-0.05, 0) is 31.5 Å². The van der Waals surface area contributed by atoms with E-state index in [1.54, 1.807) is 0 Å². The van der Waals surface area contributed by atoms with E-state index in [-0.39, 0.29) is 5.97 Å². The molecule has 0 fully saturated rings. The van der Waals surface area contributed by atoms with Gasteiger partial charge in [0.15, 0.2) is 0 Å². The van der Waals surface area contributed by atoms with Gasteiger partial charge in [0, 0.05) is 22.7 Å². The van der Waals surface area contributed by atoms with Crippen LogP contribution in [0.15, 0.2) is 12.1 Å². The second-order valence-electron chi connectivity index (χ2n) is 3.58. The van der Waals surface area contributed by atoms with Crippen molar-refractivity contribution in [1.82, 2.24) is 5.32 Å². The average Bonchev–Trinajstić information content (AvgIpc) is 2.76. The Morgan fingerprint density at radius 2 is 2.19 bits per heavy atom. The van der Waals surface area contributed by atoms with Crippen molar-refractivity contribution in [3.8, 4) is 0 Å². The summed E-state index contributed by atoms with van der Waals surface area (Å²) in [6.07, 6.45) is 2.43. The predicted octanol–water partition coefficient (Wildman–Crippen LogP) is 2.35. The molecule has 0 aliphatic heterocycles. The van der Waals surface area contributed by atoms with Gasteiger partial charge in [-0.25, -0.2) is 0 Å². The van der Waals surface area contributed by atoms with E-state index in [1.807, 2.05) is 11.3 Å². The fraction of sp³-hybridized carbons (Fsp3) is 0.583. The van der Waals surface area contributed by atoms with Crippen LogP contribution in [-0.2, 0) is 22.5 Å². The van der Waals surface area contributed by atoms with Gasteiger partial charge in [-0.3, -0.25) is 4.79 Å². The topological polar surface area (TPSA) is 38.3 Å². The number of carbonyl (C=O) groups excluding carboxylic acids is 1. The normalized spacial score (nSPS) is 10.4. The Kier molecular flexibility index (Phi) is 6.11. The summed E-state index contributed by atoms with van der Waals surface area (Å²) in [4.78, 5) is 13.6. The van der Waals surface area contributed by atoms with Crippen LogP contribution in [0.1, 0.15) is 29.5 Å². The molecule has 0 aliphatic rings. The van der Waals surface area contributed by atoms with Gasteiger partial charge in [-0.2, -0.15) is 0 Å². The molecule has 0 saturated heterocycles. The van der Waals surface area contributed by atoms with Crippen molar-refractivity contribution in [3.63, 3.8) is 0 Å². The maximum atomic E-state index is 10.8. The summed E-state index contributed by atoms with van der Waals surface area (Å²) in [5.41, 5.74) is 0. The minimum Gasteiger partial charge on any atom is -0.469 e. The molecule has 1 aromatic heterocycles. The van der Waals surface area contributed by atoms with Crippen molar-refractivity contribution >= 4 is 17.3 Å². The lowest BCUT2D eigenvalue weighted by Gasteiger charge is -2.02. The Morgan fingerprint density at radius 3 is 2.81 bits per heavy atom. The molecule has 0 aliphatic carbocycles. The summed E-state index contributed by atoms with van der Waals surface area (Å²) in [7, 11) is 1.42. The van der Waals surface area contributed by atoms with E-state index in [2.05, 4.69) is 29.1 Å². The summed E-state index contributed by atoms with van der Waals surface area (Å²) < 4.78 is 4.57. The first-order chi connectivity index (χ1) is 7.76. The maximum Gasteiger partial charge on any atom is 0.305 e. The minimum absolute atomic E-state index is 0.133. The van der Waals surface area contributed by atoms with Crippen LogP contribution in [-0.4, -0.2) is 19.6 Å². The van der Waals surface area contributed by atoms with Crippen molar-refractivity contribution in [2.45, 2.75) is 32.7 Å². The zero-order valence-corrected chi connectivity index (χ0v) is 10.7. The zero-order valence-electron chi connectivity index (χ0n) is 9.91. The first kappa shape index (κ1) is 13.2. The molecule has 90 valence electrons. The van der Waals surface area contributed by atoms with Crippen LogP contribution < -0.4 is 5.32 Å². The van der Waals surface area contributed by atoms with Gasteiger partial charge in [-0.15, -0.1) is 11.3 Å². The molecule has 0 radical (unpaired) electrons. The van der Waals surface area contributed by atoms with Gasteiger partial charge in [0.2, 0.25) is 0 Å². The second-order valence-corrected chi connectivity index (χ2v) is 4.83. The Bertz CT molecular complexity index is 323. The number of ether oxygens (including phenoxy) is 1. The highest BCUT2D eigenvalue weighted by Crippen LogP contribution is 2.16. The summed E-state index contributed by atoms with van der Waals surface area (Å²) >= 11 is 1.85. The van der Waals surface area contributed by atoms with Crippen LogP contribution in [0.4, 0.5) is 0 Å². The third kappa shape index (κ3) is 4.77. The number of aryl methyl sites for hydroxylation is 1. The van der Waals surface area contributed by atoms with Crippen LogP contribution >= 0.6 is 11.3 Å². The van der Waals surface area contributed by atoms with E-state index in [0.717, 1.165) is 25.9 Å². The Hall–Kier alpha value is -0.870. The molecule has 0 bridgehead atoms.